The van der Waals surface area contributed by atoms with Crippen LogP contribution in [-0.4, -0.2) is 17.7 Å². The van der Waals surface area contributed by atoms with E-state index in [1.54, 1.807) is 0 Å². The van der Waals surface area contributed by atoms with Gasteiger partial charge in [-0.15, -0.1) is 0 Å². The van der Waals surface area contributed by atoms with Gasteiger partial charge < -0.3 is 11.5 Å². The van der Waals surface area contributed by atoms with E-state index in [0.29, 0.717) is 6.42 Å². The Morgan fingerprint density at radius 2 is 1.18 bits per heavy atom. The van der Waals surface area contributed by atoms with E-state index in [1.165, 1.54) is 57.8 Å². The maximum atomic E-state index is 6.09. The molecule has 0 aromatic carbocycles. The molecule has 22 heavy (non-hydrogen) atoms. The topological polar surface area (TPSA) is 115 Å². The zero-order valence-electron chi connectivity index (χ0n) is 14.1. The van der Waals surface area contributed by atoms with Gasteiger partial charge >= 0.3 is 0 Å². The van der Waals surface area contributed by atoms with E-state index in [2.05, 4.69) is 22.2 Å². The molecule has 1 aliphatic rings. The number of guanidine groups is 2. The Bertz CT molecular complexity index is 346. The van der Waals surface area contributed by atoms with Crippen molar-refractivity contribution in [3.05, 3.63) is 0 Å². The molecule has 7 N–H and O–H groups in total. The van der Waals surface area contributed by atoms with Gasteiger partial charge in [-0.05, 0) is 6.42 Å². The predicted molar refractivity (Wildman–Crippen MR) is 94.4 cm³/mol. The van der Waals surface area contributed by atoms with E-state index in [4.69, 9.17) is 17.2 Å². The maximum Gasteiger partial charge on any atom is 0.209 e. The minimum Gasteiger partial charge on any atom is -0.370 e. The molecule has 0 radical (unpaired) electrons. The molecular formula is C16H34N6. The number of rotatable bonds is 12. The van der Waals surface area contributed by atoms with Crippen molar-refractivity contribution >= 4 is 11.9 Å². The van der Waals surface area contributed by atoms with Crippen LogP contribution in [0, 0.1) is 0 Å². The summed E-state index contributed by atoms with van der Waals surface area (Å²) in [6.45, 7) is 2.26. The molecule has 1 heterocycles. The molecule has 0 saturated heterocycles. The Morgan fingerprint density at radius 3 is 1.64 bits per heavy atom. The van der Waals surface area contributed by atoms with E-state index in [9.17, 15) is 0 Å². The summed E-state index contributed by atoms with van der Waals surface area (Å²) in [5.41, 5.74) is 17.3. The van der Waals surface area contributed by atoms with Crippen LogP contribution >= 0.6 is 0 Å². The number of aliphatic imine (C=N–C) groups is 2. The van der Waals surface area contributed by atoms with Crippen molar-refractivity contribution in [2.45, 2.75) is 89.8 Å². The van der Waals surface area contributed by atoms with Crippen molar-refractivity contribution in [2.24, 2.45) is 27.2 Å². The third-order valence-electron chi connectivity index (χ3n) is 4.03. The van der Waals surface area contributed by atoms with Gasteiger partial charge in [0, 0.05) is 6.42 Å². The van der Waals surface area contributed by atoms with E-state index >= 15 is 0 Å². The fraction of sp³-hybridized carbons (Fsp3) is 0.875. The quantitative estimate of drug-likeness (QED) is 0.415. The Hall–Kier alpha value is -1.30. The summed E-state index contributed by atoms with van der Waals surface area (Å²) in [5, 5.41) is 2.65. The summed E-state index contributed by atoms with van der Waals surface area (Å²) in [4.78, 5) is 8.28. The van der Waals surface area contributed by atoms with E-state index in [0.717, 1.165) is 12.8 Å². The van der Waals surface area contributed by atoms with Gasteiger partial charge in [0.2, 0.25) is 5.79 Å². The number of nitrogens with two attached hydrogens (primary N) is 3. The van der Waals surface area contributed by atoms with Gasteiger partial charge in [0.1, 0.15) is 0 Å². The summed E-state index contributed by atoms with van der Waals surface area (Å²) in [6, 6.07) is 0. The highest BCUT2D eigenvalue weighted by molar-refractivity contribution is 5.98. The highest BCUT2D eigenvalue weighted by Crippen LogP contribution is 2.18. The fourth-order valence-electron chi connectivity index (χ4n) is 2.79. The van der Waals surface area contributed by atoms with Crippen LogP contribution in [0.15, 0.2) is 9.98 Å². The molecule has 6 heteroatoms. The molecule has 0 aliphatic carbocycles. The highest BCUT2D eigenvalue weighted by atomic mass is 15.4. The largest absolute Gasteiger partial charge is 0.370 e. The lowest BCUT2D eigenvalue weighted by atomic mass is 10.0. The van der Waals surface area contributed by atoms with Crippen molar-refractivity contribution in [3.63, 3.8) is 0 Å². The summed E-state index contributed by atoms with van der Waals surface area (Å²) in [6.07, 6.45) is 15.0. The van der Waals surface area contributed by atoms with Gasteiger partial charge in [0.25, 0.3) is 0 Å². The first-order chi connectivity index (χ1) is 10.6. The van der Waals surface area contributed by atoms with Gasteiger partial charge in [-0.3, -0.25) is 11.1 Å². The summed E-state index contributed by atoms with van der Waals surface area (Å²) >= 11 is 0. The normalized spacial score (nSPS) is 16.8. The first kappa shape index (κ1) is 18.7. The fourth-order valence-corrected chi connectivity index (χ4v) is 2.79. The second kappa shape index (κ2) is 10.4. The number of unbranched alkanes of at least 4 members (excludes halogenated alkanes) is 10. The zero-order chi connectivity index (χ0) is 16.3. The van der Waals surface area contributed by atoms with Crippen LogP contribution in [0.25, 0.3) is 0 Å². The minimum absolute atomic E-state index is 0.248. The monoisotopic (exact) mass is 310 g/mol. The molecule has 1 aliphatic heterocycles. The van der Waals surface area contributed by atoms with Gasteiger partial charge in [-0.25, -0.2) is 9.98 Å². The average Bonchev–Trinajstić information content (AvgIpc) is 2.43. The lowest BCUT2D eigenvalue weighted by Crippen LogP contribution is -2.52. The molecule has 0 atom stereocenters. The maximum absolute atomic E-state index is 6.09. The molecule has 0 amide bonds. The van der Waals surface area contributed by atoms with Crippen molar-refractivity contribution < 1.29 is 0 Å². The van der Waals surface area contributed by atoms with Crippen molar-refractivity contribution in [3.8, 4) is 0 Å². The lowest BCUT2D eigenvalue weighted by Gasteiger charge is -2.25. The number of nitrogens with zero attached hydrogens (tertiary/aromatic N) is 2. The molecule has 128 valence electrons. The first-order valence-electron chi connectivity index (χ1n) is 8.82. The average molecular weight is 310 g/mol. The molecule has 0 fully saturated rings. The molecule has 1 rings (SSSR count). The number of hydrogen-bond donors (Lipinski definition) is 4. The van der Waals surface area contributed by atoms with Crippen LogP contribution in [-0.2, 0) is 0 Å². The van der Waals surface area contributed by atoms with Gasteiger partial charge in [-0.2, -0.15) is 0 Å². The van der Waals surface area contributed by atoms with Gasteiger partial charge in [0.05, 0.1) is 0 Å². The first-order valence-corrected chi connectivity index (χ1v) is 8.82. The molecule has 0 spiro atoms. The molecule has 0 aromatic heterocycles. The molecular weight excluding hydrogens is 276 g/mol. The zero-order valence-corrected chi connectivity index (χ0v) is 14.1. The molecule has 0 saturated carbocycles. The van der Waals surface area contributed by atoms with Crippen LogP contribution in [0.5, 0.6) is 0 Å². The Morgan fingerprint density at radius 1 is 0.773 bits per heavy atom. The predicted octanol–water partition coefficient (Wildman–Crippen LogP) is 2.53. The SMILES string of the molecule is CCCCCCCCCCCCCC1(N)N=C(N)NC(N)=N1. The summed E-state index contributed by atoms with van der Waals surface area (Å²) in [5.74, 6) is -0.477. The Balaban J connectivity index is 1.98. The van der Waals surface area contributed by atoms with E-state index in [-0.39, 0.29) is 11.9 Å². The highest BCUT2D eigenvalue weighted by Gasteiger charge is 2.26. The second-order valence-electron chi connectivity index (χ2n) is 6.28. The van der Waals surface area contributed by atoms with Crippen LogP contribution in [0.3, 0.4) is 0 Å². The summed E-state index contributed by atoms with van der Waals surface area (Å²) in [7, 11) is 0. The van der Waals surface area contributed by atoms with Crippen LogP contribution in [0.1, 0.15) is 84.0 Å². The lowest BCUT2D eigenvalue weighted by molar-refractivity contribution is 0.399. The molecule has 6 nitrogen and oxygen atoms in total. The smallest absolute Gasteiger partial charge is 0.209 e. The van der Waals surface area contributed by atoms with E-state index in [1.807, 2.05) is 0 Å². The molecule has 0 aromatic rings. The van der Waals surface area contributed by atoms with Crippen LogP contribution in [0.4, 0.5) is 0 Å². The minimum atomic E-state index is -0.974. The van der Waals surface area contributed by atoms with E-state index < -0.39 is 5.79 Å². The van der Waals surface area contributed by atoms with Gasteiger partial charge in [-0.1, -0.05) is 71.1 Å². The van der Waals surface area contributed by atoms with Crippen molar-refractivity contribution in [2.75, 3.05) is 0 Å². The second-order valence-corrected chi connectivity index (χ2v) is 6.28. The number of nitrogens with one attached hydrogen (secondary N) is 1. The van der Waals surface area contributed by atoms with Gasteiger partial charge in [0.15, 0.2) is 11.9 Å². The number of hydrogen-bond acceptors (Lipinski definition) is 6. The Labute approximate surface area is 135 Å². The van der Waals surface area contributed by atoms with Crippen LogP contribution in [0.2, 0.25) is 0 Å². The summed E-state index contributed by atoms with van der Waals surface area (Å²) < 4.78 is 0. The Kier molecular flexibility index (Phi) is 8.89. The van der Waals surface area contributed by atoms with Crippen molar-refractivity contribution in [1.82, 2.24) is 5.32 Å². The van der Waals surface area contributed by atoms with Crippen LogP contribution < -0.4 is 22.5 Å². The third kappa shape index (κ3) is 8.22. The molecule has 0 unspecified atom stereocenters. The van der Waals surface area contributed by atoms with Crippen molar-refractivity contribution in [1.29, 1.82) is 0 Å². The molecule has 0 bridgehead atoms. The standard InChI is InChI=1S/C16H34N6/c1-2-3-4-5-6-7-8-9-10-11-12-13-16(19)21-14(17)20-15(18)22-16/h2-13,19H2,1H3,(H5,17,18,20,21,22). The third-order valence-corrected chi connectivity index (χ3v) is 4.03.